The Morgan fingerprint density at radius 1 is 1.60 bits per heavy atom. The molecule has 0 aliphatic heterocycles. The first-order valence-corrected chi connectivity index (χ1v) is 5.79. The van der Waals surface area contributed by atoms with Crippen molar-refractivity contribution in [3.8, 4) is 0 Å². The van der Waals surface area contributed by atoms with Gasteiger partial charge in [-0.3, -0.25) is 4.79 Å². The lowest BCUT2D eigenvalue weighted by Gasteiger charge is -2.33. The maximum atomic E-state index is 11.0. The Morgan fingerprint density at radius 2 is 2.27 bits per heavy atom. The lowest BCUT2D eigenvalue weighted by Crippen LogP contribution is -2.23. The summed E-state index contributed by atoms with van der Waals surface area (Å²) < 4.78 is 5.16. The predicted octanol–water partition coefficient (Wildman–Crippen LogP) is 3.32. The van der Waals surface area contributed by atoms with Crippen LogP contribution >= 0.6 is 0 Å². The summed E-state index contributed by atoms with van der Waals surface area (Å²) >= 11 is 0. The number of carbonyl (C=O) groups excluding carboxylic acids is 1. The molecule has 86 valence electrons. The molecule has 15 heavy (non-hydrogen) atoms. The second-order valence-electron chi connectivity index (χ2n) is 5.27. The minimum absolute atomic E-state index is 0.104. The van der Waals surface area contributed by atoms with Gasteiger partial charge in [-0.1, -0.05) is 33.8 Å². The van der Waals surface area contributed by atoms with Crippen LogP contribution < -0.4 is 0 Å². The molecule has 1 rings (SSSR count). The van der Waals surface area contributed by atoms with Crippen molar-refractivity contribution >= 4 is 5.97 Å². The van der Waals surface area contributed by atoms with Crippen LogP contribution in [0.1, 0.15) is 47.0 Å². The molecule has 0 aromatic carbocycles. The molecule has 0 saturated carbocycles. The first kappa shape index (κ1) is 12.3. The van der Waals surface area contributed by atoms with Gasteiger partial charge in [0.2, 0.25) is 0 Å². The second kappa shape index (κ2) is 4.82. The number of hydrogen-bond acceptors (Lipinski definition) is 2. The molecule has 0 N–H and O–H groups in total. The molecule has 1 aliphatic rings. The summed E-state index contributed by atoms with van der Waals surface area (Å²) in [7, 11) is 0. The summed E-state index contributed by atoms with van der Waals surface area (Å²) in [6.07, 6.45) is 4.99. The number of esters is 1. The molecule has 0 aromatic rings. The molecule has 0 amide bonds. The molecule has 0 aromatic heterocycles. The Bertz CT molecular complexity index is 264. The third kappa shape index (κ3) is 3.69. The van der Waals surface area contributed by atoms with E-state index in [1.165, 1.54) is 12.0 Å². The van der Waals surface area contributed by atoms with Gasteiger partial charge in [-0.25, -0.2) is 0 Å². The summed E-state index contributed by atoms with van der Waals surface area (Å²) in [6, 6.07) is 0. The lowest BCUT2D eigenvalue weighted by atomic mass is 9.73. The van der Waals surface area contributed by atoms with Crippen molar-refractivity contribution in [1.29, 1.82) is 0 Å². The molecule has 0 saturated heterocycles. The summed E-state index contributed by atoms with van der Waals surface area (Å²) in [6.45, 7) is 9.10. The van der Waals surface area contributed by atoms with Gasteiger partial charge in [0.1, 0.15) is 6.61 Å². The van der Waals surface area contributed by atoms with E-state index < -0.39 is 0 Å². The number of hydrogen-bond donors (Lipinski definition) is 0. The molecule has 2 nitrogen and oxygen atoms in total. The maximum absolute atomic E-state index is 11.0. The van der Waals surface area contributed by atoms with E-state index in [2.05, 4.69) is 26.8 Å². The predicted molar refractivity (Wildman–Crippen MR) is 61.5 cm³/mol. The highest BCUT2D eigenvalue weighted by Crippen LogP contribution is 2.37. The van der Waals surface area contributed by atoms with Crippen molar-refractivity contribution in [3.63, 3.8) is 0 Å². The number of rotatable bonds is 3. The smallest absolute Gasteiger partial charge is 0.305 e. The van der Waals surface area contributed by atoms with E-state index in [0.29, 0.717) is 24.4 Å². The van der Waals surface area contributed by atoms with Crippen molar-refractivity contribution < 1.29 is 9.53 Å². The Morgan fingerprint density at radius 3 is 2.80 bits per heavy atom. The van der Waals surface area contributed by atoms with Crippen molar-refractivity contribution in [2.45, 2.75) is 47.0 Å². The van der Waals surface area contributed by atoms with Gasteiger partial charge in [0.15, 0.2) is 0 Å². The third-order valence-corrected chi connectivity index (χ3v) is 3.10. The minimum Gasteiger partial charge on any atom is -0.461 e. The topological polar surface area (TPSA) is 26.3 Å². The highest BCUT2D eigenvalue weighted by Gasteiger charge is 2.26. The molecular weight excluding hydrogens is 188 g/mol. The van der Waals surface area contributed by atoms with Crippen LogP contribution in [-0.2, 0) is 9.53 Å². The van der Waals surface area contributed by atoms with Crippen LogP contribution in [0.5, 0.6) is 0 Å². The highest BCUT2D eigenvalue weighted by atomic mass is 16.5. The molecule has 0 fully saturated rings. The van der Waals surface area contributed by atoms with E-state index in [9.17, 15) is 4.79 Å². The van der Waals surface area contributed by atoms with E-state index in [-0.39, 0.29) is 5.97 Å². The van der Waals surface area contributed by atoms with E-state index in [4.69, 9.17) is 4.74 Å². The molecule has 0 radical (unpaired) electrons. The molecule has 1 atom stereocenters. The van der Waals surface area contributed by atoms with Crippen LogP contribution in [0.4, 0.5) is 0 Å². The molecular formula is C13H22O2. The zero-order chi connectivity index (χ0) is 11.5. The van der Waals surface area contributed by atoms with Gasteiger partial charge in [0.25, 0.3) is 0 Å². The van der Waals surface area contributed by atoms with Crippen LogP contribution in [0.15, 0.2) is 11.6 Å². The Hall–Kier alpha value is -0.790. The molecule has 0 bridgehead atoms. The third-order valence-electron chi connectivity index (χ3n) is 3.10. The van der Waals surface area contributed by atoms with Gasteiger partial charge >= 0.3 is 5.97 Å². The van der Waals surface area contributed by atoms with Gasteiger partial charge in [0, 0.05) is 6.42 Å². The monoisotopic (exact) mass is 210 g/mol. The molecule has 2 heteroatoms. The fourth-order valence-electron chi connectivity index (χ4n) is 2.12. The minimum atomic E-state index is -0.104. The van der Waals surface area contributed by atoms with Gasteiger partial charge < -0.3 is 4.74 Å². The van der Waals surface area contributed by atoms with Crippen molar-refractivity contribution in [3.05, 3.63) is 11.6 Å². The lowest BCUT2D eigenvalue weighted by molar-refractivity contribution is -0.142. The Labute approximate surface area is 92.7 Å². The highest BCUT2D eigenvalue weighted by molar-refractivity contribution is 5.69. The number of allylic oxidation sites excluding steroid dienone is 1. The number of carbonyl (C=O) groups is 1. The number of ether oxygens (including phenoxy) is 1. The van der Waals surface area contributed by atoms with E-state index in [1.54, 1.807) is 0 Å². The van der Waals surface area contributed by atoms with Crippen LogP contribution in [0.2, 0.25) is 0 Å². The summed E-state index contributed by atoms with van der Waals surface area (Å²) in [5, 5.41) is 0. The van der Waals surface area contributed by atoms with E-state index in [0.717, 1.165) is 6.42 Å². The molecule has 0 spiro atoms. The van der Waals surface area contributed by atoms with Gasteiger partial charge in [-0.2, -0.15) is 0 Å². The first-order chi connectivity index (χ1) is 6.94. The van der Waals surface area contributed by atoms with Crippen LogP contribution in [0, 0.1) is 11.3 Å². The van der Waals surface area contributed by atoms with Gasteiger partial charge in [0.05, 0.1) is 0 Å². The van der Waals surface area contributed by atoms with E-state index >= 15 is 0 Å². The van der Waals surface area contributed by atoms with Crippen molar-refractivity contribution in [2.75, 3.05) is 6.61 Å². The normalized spacial score (nSPS) is 24.5. The average Bonchev–Trinajstić information content (AvgIpc) is 2.15. The average molecular weight is 210 g/mol. The second-order valence-corrected chi connectivity index (χ2v) is 5.27. The van der Waals surface area contributed by atoms with Crippen molar-refractivity contribution in [1.82, 2.24) is 0 Å². The van der Waals surface area contributed by atoms with E-state index in [1.807, 2.05) is 6.92 Å². The quantitative estimate of drug-likeness (QED) is 0.527. The maximum Gasteiger partial charge on any atom is 0.305 e. The molecule has 0 unspecified atom stereocenters. The zero-order valence-electron chi connectivity index (χ0n) is 10.3. The zero-order valence-corrected chi connectivity index (χ0v) is 10.3. The first-order valence-electron chi connectivity index (χ1n) is 5.79. The summed E-state index contributed by atoms with van der Waals surface area (Å²) in [4.78, 5) is 11.0. The molecule has 0 heterocycles. The SMILES string of the molecule is CCC(=O)OCC1=CCC(C)(C)C[C@H]1C. The summed E-state index contributed by atoms with van der Waals surface area (Å²) in [5.74, 6) is 0.436. The van der Waals surface area contributed by atoms with Gasteiger partial charge in [-0.05, 0) is 29.7 Å². The molecule has 1 aliphatic carbocycles. The van der Waals surface area contributed by atoms with Crippen molar-refractivity contribution in [2.24, 2.45) is 11.3 Å². The fourth-order valence-corrected chi connectivity index (χ4v) is 2.12. The van der Waals surface area contributed by atoms with Crippen LogP contribution in [0.25, 0.3) is 0 Å². The summed E-state index contributed by atoms with van der Waals surface area (Å²) in [5.41, 5.74) is 1.69. The van der Waals surface area contributed by atoms with Crippen LogP contribution in [-0.4, -0.2) is 12.6 Å². The van der Waals surface area contributed by atoms with Gasteiger partial charge in [-0.15, -0.1) is 0 Å². The van der Waals surface area contributed by atoms with Crippen LogP contribution in [0.3, 0.4) is 0 Å². The Kier molecular flexibility index (Phi) is 3.95. The fraction of sp³-hybridized carbons (Fsp3) is 0.769. The Balaban J connectivity index is 2.49. The standard InChI is InChI=1S/C13H22O2/c1-5-12(14)15-9-11-6-7-13(3,4)8-10(11)2/h6,10H,5,7-9H2,1-4H3/t10-/m1/s1. The largest absolute Gasteiger partial charge is 0.461 e.